The van der Waals surface area contributed by atoms with Gasteiger partial charge in [0.15, 0.2) is 0 Å². The van der Waals surface area contributed by atoms with Crippen LogP contribution in [0.5, 0.6) is 0 Å². The Hall–Kier alpha value is -5.80. The molecule has 0 N–H and O–H groups in total. The van der Waals surface area contributed by atoms with Crippen molar-refractivity contribution < 1.29 is 4.42 Å². The van der Waals surface area contributed by atoms with Crippen molar-refractivity contribution in [2.24, 2.45) is 0 Å². The maximum Gasteiger partial charge on any atom is 0.135 e. The van der Waals surface area contributed by atoms with Gasteiger partial charge in [-0.25, -0.2) is 0 Å². The van der Waals surface area contributed by atoms with Crippen LogP contribution in [-0.2, 0) is 10.8 Å². The Morgan fingerprint density at radius 2 is 1.06 bits per heavy atom. The summed E-state index contributed by atoms with van der Waals surface area (Å²) in [6.45, 7) is 9.72. The van der Waals surface area contributed by atoms with E-state index < -0.39 is 0 Å². The molecule has 3 aromatic heterocycles. The molecule has 7 aromatic carbocycles. The first-order chi connectivity index (χ1) is 24.8. The predicted octanol–water partition coefficient (Wildman–Crippen LogP) is 13.3. The van der Waals surface area contributed by atoms with E-state index in [9.17, 15) is 0 Å². The van der Waals surface area contributed by atoms with Gasteiger partial charge in [0.25, 0.3) is 0 Å². The van der Waals surface area contributed by atoms with Crippen molar-refractivity contribution in [1.82, 2.24) is 9.13 Å². The Morgan fingerprint density at radius 1 is 0.431 bits per heavy atom. The third-order valence-electron chi connectivity index (χ3n) is 12.1. The van der Waals surface area contributed by atoms with E-state index >= 15 is 0 Å². The summed E-state index contributed by atoms with van der Waals surface area (Å²) in [4.78, 5) is 0. The summed E-state index contributed by atoms with van der Waals surface area (Å²) < 4.78 is 11.3. The number of rotatable bonds is 2. The topological polar surface area (TPSA) is 23.0 Å². The van der Waals surface area contributed by atoms with Crippen LogP contribution >= 0.6 is 0 Å². The molecule has 0 radical (unpaired) electrons. The van der Waals surface area contributed by atoms with E-state index in [0.717, 1.165) is 27.6 Å². The number of hydrogen-bond donors (Lipinski definition) is 0. The molecule has 0 unspecified atom stereocenters. The van der Waals surface area contributed by atoms with Gasteiger partial charge in [0, 0.05) is 43.7 Å². The molecule has 0 atom stereocenters. The zero-order valence-electron chi connectivity index (χ0n) is 29.4. The minimum atomic E-state index is 0.114. The lowest BCUT2D eigenvalue weighted by atomic mass is 9.63. The SMILES string of the molecule is CC1(C)CCC(C)(C)c2cc3c(cc21)c1cc2c4c5ccccc5ccc4n(-c4ccc5oc6ccccc6c5c4)c2cc1n3-c1ccccc1. The molecule has 3 heterocycles. The number of nitrogens with zero attached hydrogens (tertiary/aromatic N) is 2. The highest BCUT2D eigenvalue weighted by Crippen LogP contribution is 2.49. The molecule has 0 amide bonds. The molecule has 0 saturated carbocycles. The predicted molar refractivity (Wildman–Crippen MR) is 215 cm³/mol. The summed E-state index contributed by atoms with van der Waals surface area (Å²) in [5.41, 5.74) is 12.3. The molecule has 3 nitrogen and oxygen atoms in total. The van der Waals surface area contributed by atoms with Gasteiger partial charge in [-0.05, 0) is 112 Å². The zero-order chi connectivity index (χ0) is 34.2. The van der Waals surface area contributed by atoms with E-state index in [1.807, 2.05) is 6.07 Å². The maximum absolute atomic E-state index is 6.27. The summed E-state index contributed by atoms with van der Waals surface area (Å²) in [6.07, 6.45) is 2.38. The van der Waals surface area contributed by atoms with Crippen LogP contribution in [0.3, 0.4) is 0 Å². The van der Waals surface area contributed by atoms with Gasteiger partial charge in [-0.3, -0.25) is 0 Å². The Morgan fingerprint density at radius 3 is 1.88 bits per heavy atom. The number of furan rings is 1. The average Bonchev–Trinajstić information content (AvgIpc) is 3.79. The minimum Gasteiger partial charge on any atom is -0.456 e. The molecular formula is C48H38N2O. The summed E-state index contributed by atoms with van der Waals surface area (Å²) in [7, 11) is 0. The van der Waals surface area contributed by atoms with Crippen molar-refractivity contribution in [2.75, 3.05) is 0 Å². The number of aromatic nitrogens is 2. The Bertz CT molecular complexity index is 3080. The van der Waals surface area contributed by atoms with Crippen molar-refractivity contribution in [3.63, 3.8) is 0 Å². The summed E-state index contributed by atoms with van der Waals surface area (Å²) in [5, 5.41) is 10.00. The van der Waals surface area contributed by atoms with Crippen molar-refractivity contribution >= 4 is 76.3 Å². The first kappa shape index (κ1) is 29.0. The highest BCUT2D eigenvalue weighted by molar-refractivity contribution is 6.25. The van der Waals surface area contributed by atoms with Gasteiger partial charge in [0.05, 0.1) is 22.1 Å². The number of para-hydroxylation sites is 2. The average molecular weight is 659 g/mol. The fourth-order valence-corrected chi connectivity index (χ4v) is 9.34. The van der Waals surface area contributed by atoms with E-state index in [-0.39, 0.29) is 10.8 Å². The molecule has 0 spiro atoms. The highest BCUT2D eigenvalue weighted by atomic mass is 16.3. The van der Waals surface area contributed by atoms with Gasteiger partial charge >= 0.3 is 0 Å². The molecule has 0 aliphatic heterocycles. The number of hydrogen-bond acceptors (Lipinski definition) is 1. The first-order valence-electron chi connectivity index (χ1n) is 18.2. The molecule has 11 rings (SSSR count). The lowest BCUT2D eigenvalue weighted by Gasteiger charge is -2.42. The molecule has 3 heteroatoms. The quantitative estimate of drug-likeness (QED) is 0.181. The van der Waals surface area contributed by atoms with Gasteiger partial charge in [0.2, 0.25) is 0 Å². The van der Waals surface area contributed by atoms with Crippen LogP contribution in [0.4, 0.5) is 0 Å². The standard InChI is InChI=1S/C48H38N2O/c1-47(2)22-23-48(3,4)39-27-41-35(26-38(39)47)34-25-37-43(28-42(34)49(41)30-13-6-5-7-14-30)50(40-20-18-29-12-8-9-15-32(29)46(37)40)31-19-21-45-36(24-31)33-16-10-11-17-44(33)51-45/h5-21,24-28H,22-23H2,1-4H3. The second-order valence-corrected chi connectivity index (χ2v) is 16.0. The Balaban J connectivity index is 1.33. The van der Waals surface area contributed by atoms with Gasteiger partial charge in [-0.1, -0.05) is 94.4 Å². The van der Waals surface area contributed by atoms with E-state index in [0.29, 0.717) is 0 Å². The monoisotopic (exact) mass is 658 g/mol. The Labute approximate surface area is 296 Å². The lowest BCUT2D eigenvalue weighted by Crippen LogP contribution is -2.33. The van der Waals surface area contributed by atoms with Gasteiger partial charge in [0.1, 0.15) is 11.2 Å². The van der Waals surface area contributed by atoms with Gasteiger partial charge < -0.3 is 13.6 Å². The molecule has 0 fully saturated rings. The van der Waals surface area contributed by atoms with Gasteiger partial charge in [-0.2, -0.15) is 0 Å². The van der Waals surface area contributed by atoms with Crippen molar-refractivity contribution in [1.29, 1.82) is 0 Å². The fourth-order valence-electron chi connectivity index (χ4n) is 9.34. The largest absolute Gasteiger partial charge is 0.456 e. The summed E-state index contributed by atoms with van der Waals surface area (Å²) in [6, 6.07) is 49.4. The normalized spacial score (nSPS) is 15.6. The molecule has 51 heavy (non-hydrogen) atoms. The molecule has 0 bridgehead atoms. The smallest absolute Gasteiger partial charge is 0.135 e. The Kier molecular flexibility index (Phi) is 5.64. The van der Waals surface area contributed by atoms with Crippen LogP contribution in [0.2, 0.25) is 0 Å². The van der Waals surface area contributed by atoms with E-state index in [1.54, 1.807) is 0 Å². The van der Waals surface area contributed by atoms with E-state index in [2.05, 4.69) is 164 Å². The van der Waals surface area contributed by atoms with Gasteiger partial charge in [-0.15, -0.1) is 0 Å². The first-order valence-corrected chi connectivity index (χ1v) is 18.2. The number of benzene rings is 7. The van der Waals surface area contributed by atoms with Crippen molar-refractivity contribution in [3.8, 4) is 11.4 Å². The second kappa shape index (κ2) is 9.92. The van der Waals surface area contributed by atoms with Crippen LogP contribution in [0.1, 0.15) is 51.7 Å². The maximum atomic E-state index is 6.27. The zero-order valence-corrected chi connectivity index (χ0v) is 29.4. The molecule has 10 aromatic rings. The van der Waals surface area contributed by atoms with Crippen molar-refractivity contribution in [2.45, 2.75) is 51.4 Å². The third kappa shape index (κ3) is 3.95. The van der Waals surface area contributed by atoms with Crippen molar-refractivity contribution in [3.05, 3.63) is 145 Å². The lowest BCUT2D eigenvalue weighted by molar-refractivity contribution is 0.332. The highest BCUT2D eigenvalue weighted by Gasteiger charge is 2.38. The van der Waals surface area contributed by atoms with Crippen LogP contribution in [-0.4, -0.2) is 9.13 Å². The van der Waals surface area contributed by atoms with Crippen LogP contribution in [0.25, 0.3) is 87.7 Å². The summed E-state index contributed by atoms with van der Waals surface area (Å²) in [5.74, 6) is 0. The minimum absolute atomic E-state index is 0.114. The second-order valence-electron chi connectivity index (χ2n) is 16.0. The molecular weight excluding hydrogens is 621 g/mol. The molecule has 1 aliphatic rings. The molecule has 246 valence electrons. The molecule has 0 saturated heterocycles. The third-order valence-corrected chi connectivity index (χ3v) is 12.1. The van der Waals surface area contributed by atoms with E-state index in [4.69, 9.17) is 4.42 Å². The van der Waals surface area contributed by atoms with E-state index in [1.165, 1.54) is 84.0 Å². The fraction of sp³-hybridized carbons (Fsp3) is 0.167. The number of fused-ring (bicyclic) bond motifs is 12. The van der Waals surface area contributed by atoms with Crippen LogP contribution in [0, 0.1) is 0 Å². The van der Waals surface area contributed by atoms with Crippen LogP contribution < -0.4 is 0 Å². The van der Waals surface area contributed by atoms with Crippen LogP contribution in [0.15, 0.2) is 138 Å². The molecule has 1 aliphatic carbocycles. The summed E-state index contributed by atoms with van der Waals surface area (Å²) >= 11 is 0.